The average molecular weight is 269 g/mol. The van der Waals surface area contributed by atoms with Crippen molar-refractivity contribution in [1.82, 2.24) is 15.3 Å². The van der Waals surface area contributed by atoms with Crippen molar-refractivity contribution in [2.45, 2.75) is 12.6 Å². The van der Waals surface area contributed by atoms with Gasteiger partial charge in [-0.15, -0.1) is 0 Å². The van der Waals surface area contributed by atoms with Crippen LogP contribution < -0.4 is 10.9 Å². The SMILES string of the molecule is COCCNCc1cc(=O)[nH]c(C2COCCO2)n1. The van der Waals surface area contributed by atoms with Crippen LogP contribution in [0.3, 0.4) is 0 Å². The lowest BCUT2D eigenvalue weighted by Gasteiger charge is -2.22. The van der Waals surface area contributed by atoms with Gasteiger partial charge in [-0.05, 0) is 0 Å². The van der Waals surface area contributed by atoms with Crippen molar-refractivity contribution in [2.24, 2.45) is 0 Å². The zero-order valence-electron chi connectivity index (χ0n) is 11.0. The molecule has 0 saturated carbocycles. The van der Waals surface area contributed by atoms with Crippen molar-refractivity contribution in [2.75, 3.05) is 40.1 Å². The summed E-state index contributed by atoms with van der Waals surface area (Å²) in [7, 11) is 1.64. The number of aromatic nitrogens is 2. The van der Waals surface area contributed by atoms with Gasteiger partial charge in [-0.1, -0.05) is 0 Å². The van der Waals surface area contributed by atoms with Crippen molar-refractivity contribution in [3.05, 3.63) is 27.9 Å². The predicted molar refractivity (Wildman–Crippen MR) is 68.0 cm³/mol. The highest BCUT2D eigenvalue weighted by Crippen LogP contribution is 2.15. The van der Waals surface area contributed by atoms with Gasteiger partial charge in [-0.2, -0.15) is 0 Å². The molecule has 0 amide bonds. The van der Waals surface area contributed by atoms with Crippen molar-refractivity contribution in [3.63, 3.8) is 0 Å². The molecular weight excluding hydrogens is 250 g/mol. The summed E-state index contributed by atoms with van der Waals surface area (Å²) in [4.78, 5) is 18.7. The summed E-state index contributed by atoms with van der Waals surface area (Å²) in [6.45, 7) is 3.38. The van der Waals surface area contributed by atoms with E-state index in [0.29, 0.717) is 51.0 Å². The lowest BCUT2D eigenvalue weighted by molar-refractivity contribution is -0.0936. The monoisotopic (exact) mass is 269 g/mol. The van der Waals surface area contributed by atoms with E-state index in [1.165, 1.54) is 6.07 Å². The van der Waals surface area contributed by atoms with Crippen molar-refractivity contribution < 1.29 is 14.2 Å². The van der Waals surface area contributed by atoms with E-state index in [4.69, 9.17) is 14.2 Å². The van der Waals surface area contributed by atoms with Gasteiger partial charge >= 0.3 is 0 Å². The second kappa shape index (κ2) is 7.34. The Morgan fingerprint density at radius 2 is 2.47 bits per heavy atom. The minimum Gasteiger partial charge on any atom is -0.383 e. The van der Waals surface area contributed by atoms with Gasteiger partial charge < -0.3 is 24.5 Å². The summed E-state index contributed by atoms with van der Waals surface area (Å²) < 4.78 is 15.8. The normalized spacial score (nSPS) is 19.5. The first kappa shape index (κ1) is 14.1. The lowest BCUT2D eigenvalue weighted by Crippen LogP contribution is -2.27. The third-order valence-corrected chi connectivity index (χ3v) is 2.72. The quantitative estimate of drug-likeness (QED) is 0.683. The molecule has 0 aliphatic carbocycles. The zero-order valence-corrected chi connectivity index (χ0v) is 11.0. The highest BCUT2D eigenvalue weighted by molar-refractivity contribution is 5.05. The first-order valence-corrected chi connectivity index (χ1v) is 6.28. The summed E-state index contributed by atoms with van der Waals surface area (Å²) >= 11 is 0. The van der Waals surface area contributed by atoms with E-state index in [2.05, 4.69) is 15.3 Å². The van der Waals surface area contributed by atoms with Crippen LogP contribution in [0.5, 0.6) is 0 Å². The minimum atomic E-state index is -0.291. The first-order chi connectivity index (χ1) is 9.29. The molecule has 0 radical (unpaired) electrons. The van der Waals surface area contributed by atoms with E-state index in [0.717, 1.165) is 0 Å². The number of aromatic amines is 1. The molecule has 7 nitrogen and oxygen atoms in total. The third-order valence-electron chi connectivity index (χ3n) is 2.72. The van der Waals surface area contributed by atoms with Gasteiger partial charge in [-0.25, -0.2) is 4.98 Å². The number of rotatable bonds is 6. The van der Waals surface area contributed by atoms with E-state index in [1.807, 2.05) is 0 Å². The summed E-state index contributed by atoms with van der Waals surface area (Å²) in [6, 6.07) is 1.48. The molecule has 1 aliphatic heterocycles. The van der Waals surface area contributed by atoms with Crippen molar-refractivity contribution in [3.8, 4) is 0 Å². The van der Waals surface area contributed by atoms with E-state index in [1.54, 1.807) is 7.11 Å². The van der Waals surface area contributed by atoms with Crippen molar-refractivity contribution >= 4 is 0 Å². The molecule has 1 atom stereocenters. The van der Waals surface area contributed by atoms with Gasteiger partial charge in [0.15, 0.2) is 0 Å². The van der Waals surface area contributed by atoms with Crippen LogP contribution in [0.1, 0.15) is 17.6 Å². The standard InChI is InChI=1S/C12H19N3O4/c1-17-3-2-13-7-9-6-11(16)15-12(14-9)10-8-18-4-5-19-10/h6,10,13H,2-5,7-8H2,1H3,(H,14,15,16). The second-order valence-electron chi connectivity index (χ2n) is 4.23. The maximum absolute atomic E-state index is 11.6. The molecule has 2 N–H and O–H groups in total. The predicted octanol–water partition coefficient (Wildman–Crippen LogP) is -0.406. The second-order valence-corrected chi connectivity index (χ2v) is 4.23. The number of methoxy groups -OCH3 is 1. The van der Waals surface area contributed by atoms with E-state index < -0.39 is 0 Å². The third kappa shape index (κ3) is 4.39. The number of nitrogens with zero attached hydrogens (tertiary/aromatic N) is 1. The number of hydrogen-bond acceptors (Lipinski definition) is 6. The highest BCUT2D eigenvalue weighted by atomic mass is 16.6. The molecule has 1 aromatic heterocycles. The fraction of sp³-hybridized carbons (Fsp3) is 0.667. The van der Waals surface area contributed by atoms with Crippen LogP contribution in [-0.2, 0) is 20.8 Å². The van der Waals surface area contributed by atoms with Gasteiger partial charge in [-0.3, -0.25) is 4.79 Å². The number of ether oxygens (including phenoxy) is 3. The fourth-order valence-electron chi connectivity index (χ4n) is 1.81. The Balaban J connectivity index is 1.99. The smallest absolute Gasteiger partial charge is 0.251 e. The molecule has 2 rings (SSSR count). The molecule has 1 saturated heterocycles. The average Bonchev–Trinajstić information content (AvgIpc) is 2.44. The molecule has 106 valence electrons. The van der Waals surface area contributed by atoms with Crippen LogP contribution in [0.15, 0.2) is 10.9 Å². The lowest BCUT2D eigenvalue weighted by atomic mass is 10.3. The van der Waals surface area contributed by atoms with Crippen LogP contribution in [0.4, 0.5) is 0 Å². The molecule has 0 bridgehead atoms. The van der Waals surface area contributed by atoms with E-state index in [9.17, 15) is 4.79 Å². The van der Waals surface area contributed by atoms with Gasteiger partial charge in [0, 0.05) is 26.3 Å². The molecule has 0 spiro atoms. The molecule has 1 aromatic rings. The van der Waals surface area contributed by atoms with Gasteiger partial charge in [0.25, 0.3) is 5.56 Å². The fourth-order valence-corrected chi connectivity index (χ4v) is 1.81. The summed E-state index contributed by atoms with van der Waals surface area (Å²) in [6.07, 6.45) is -0.291. The Bertz CT molecular complexity index is 443. The Labute approximate surface area is 111 Å². The largest absolute Gasteiger partial charge is 0.383 e. The number of hydrogen-bond donors (Lipinski definition) is 2. The van der Waals surface area contributed by atoms with Gasteiger partial charge in [0.05, 0.1) is 32.1 Å². The molecular formula is C12H19N3O4. The molecule has 1 aliphatic rings. The summed E-state index contributed by atoms with van der Waals surface area (Å²) in [5.41, 5.74) is 0.506. The molecule has 2 heterocycles. The van der Waals surface area contributed by atoms with Crippen LogP contribution in [0, 0.1) is 0 Å². The van der Waals surface area contributed by atoms with Crippen LogP contribution in [-0.4, -0.2) is 50.1 Å². The van der Waals surface area contributed by atoms with Crippen molar-refractivity contribution in [1.29, 1.82) is 0 Å². The Morgan fingerprint density at radius 3 is 3.21 bits per heavy atom. The maximum Gasteiger partial charge on any atom is 0.251 e. The topological polar surface area (TPSA) is 85.5 Å². The molecule has 1 fully saturated rings. The van der Waals surface area contributed by atoms with Crippen LogP contribution in [0.25, 0.3) is 0 Å². The maximum atomic E-state index is 11.6. The summed E-state index contributed by atoms with van der Waals surface area (Å²) in [5, 5.41) is 3.15. The Kier molecular flexibility index (Phi) is 5.46. The molecule has 1 unspecified atom stereocenters. The number of nitrogens with one attached hydrogen (secondary N) is 2. The zero-order chi connectivity index (χ0) is 13.5. The minimum absolute atomic E-state index is 0.178. The molecule has 7 heteroatoms. The van der Waals surface area contributed by atoms with Crippen LogP contribution in [0.2, 0.25) is 0 Å². The van der Waals surface area contributed by atoms with E-state index in [-0.39, 0.29) is 11.7 Å². The summed E-state index contributed by atoms with van der Waals surface area (Å²) in [5.74, 6) is 0.524. The highest BCUT2D eigenvalue weighted by Gasteiger charge is 2.19. The van der Waals surface area contributed by atoms with Gasteiger partial charge in [0.2, 0.25) is 0 Å². The molecule has 19 heavy (non-hydrogen) atoms. The molecule has 0 aromatic carbocycles. The van der Waals surface area contributed by atoms with Gasteiger partial charge in [0.1, 0.15) is 11.9 Å². The number of H-pyrrole nitrogens is 1. The Morgan fingerprint density at radius 1 is 1.58 bits per heavy atom. The van der Waals surface area contributed by atoms with E-state index >= 15 is 0 Å². The first-order valence-electron chi connectivity index (χ1n) is 6.28. The Hall–Kier alpha value is -1.28. The van der Waals surface area contributed by atoms with Crippen LogP contribution >= 0.6 is 0 Å².